The number of amides is 1. The maximum absolute atomic E-state index is 12.5. The molecule has 1 aliphatic rings. The van der Waals surface area contributed by atoms with Crippen LogP contribution < -0.4 is 10.1 Å². The van der Waals surface area contributed by atoms with Gasteiger partial charge in [-0.1, -0.05) is 25.1 Å². The van der Waals surface area contributed by atoms with Crippen LogP contribution in [-0.4, -0.2) is 22.5 Å². The van der Waals surface area contributed by atoms with Gasteiger partial charge in [-0.05, 0) is 49.9 Å². The molecule has 1 amide bonds. The topological polar surface area (TPSA) is 67.0 Å². The molecule has 1 aromatic carbocycles. The lowest BCUT2D eigenvalue weighted by atomic mass is 10.1. The fourth-order valence-electron chi connectivity index (χ4n) is 3.43. The Balaban J connectivity index is 1.35. The first-order chi connectivity index (χ1) is 13.5. The molecule has 5 nitrogen and oxygen atoms in total. The Morgan fingerprint density at radius 3 is 2.93 bits per heavy atom. The molecule has 3 aromatic rings. The third-order valence-electron chi connectivity index (χ3n) is 5.56. The summed E-state index contributed by atoms with van der Waals surface area (Å²) in [5, 5.41) is 4.25. The predicted octanol–water partition coefficient (Wildman–Crippen LogP) is 4.55. The van der Waals surface area contributed by atoms with Gasteiger partial charge in [0.25, 0.3) is 0 Å². The van der Waals surface area contributed by atoms with Crippen LogP contribution in [0.2, 0.25) is 0 Å². The predicted molar refractivity (Wildman–Crippen MR) is 110 cm³/mol. The average Bonchev–Trinajstić information content (AvgIpc) is 3.30. The third kappa shape index (κ3) is 4.19. The summed E-state index contributed by atoms with van der Waals surface area (Å²) >= 11 is 0. The molecule has 28 heavy (non-hydrogen) atoms. The molecular formula is C23H27N3O2. The number of rotatable bonds is 8. The van der Waals surface area contributed by atoms with E-state index < -0.39 is 0 Å². The van der Waals surface area contributed by atoms with Crippen molar-refractivity contribution in [2.75, 3.05) is 6.61 Å². The first-order valence-corrected chi connectivity index (χ1v) is 9.96. The van der Waals surface area contributed by atoms with Crippen LogP contribution in [0.15, 0.2) is 48.8 Å². The molecule has 0 radical (unpaired) electrons. The van der Waals surface area contributed by atoms with E-state index in [2.05, 4.69) is 28.3 Å². The van der Waals surface area contributed by atoms with Crippen LogP contribution in [0, 0.1) is 5.41 Å². The van der Waals surface area contributed by atoms with Crippen molar-refractivity contribution in [3.63, 3.8) is 0 Å². The number of nitrogens with one attached hydrogen (secondary N) is 2. The SMILES string of the molecule is CC(NC(=O)CCc1c[nH]c2ccccc12)c1ncccc1OCC1(C)CC1. The number of fused-ring (bicyclic) bond motifs is 1. The molecule has 146 valence electrons. The van der Waals surface area contributed by atoms with Gasteiger partial charge in [0.15, 0.2) is 0 Å². The molecule has 5 heteroatoms. The zero-order valence-corrected chi connectivity index (χ0v) is 16.5. The quantitative estimate of drug-likeness (QED) is 0.605. The fourth-order valence-corrected chi connectivity index (χ4v) is 3.43. The highest BCUT2D eigenvalue weighted by molar-refractivity contribution is 5.84. The van der Waals surface area contributed by atoms with Gasteiger partial charge < -0.3 is 15.0 Å². The summed E-state index contributed by atoms with van der Waals surface area (Å²) in [5.74, 6) is 0.781. The minimum atomic E-state index is -0.196. The molecule has 1 aliphatic carbocycles. The molecule has 1 saturated carbocycles. The summed E-state index contributed by atoms with van der Waals surface area (Å²) < 4.78 is 6.02. The van der Waals surface area contributed by atoms with Gasteiger partial charge in [0, 0.05) is 35.1 Å². The van der Waals surface area contributed by atoms with Gasteiger partial charge >= 0.3 is 0 Å². The summed E-state index contributed by atoms with van der Waals surface area (Å²) in [5.41, 5.74) is 3.36. The summed E-state index contributed by atoms with van der Waals surface area (Å²) in [4.78, 5) is 20.2. The maximum Gasteiger partial charge on any atom is 0.220 e. The second-order valence-electron chi connectivity index (χ2n) is 8.13. The number of carbonyl (C=O) groups is 1. The van der Waals surface area contributed by atoms with Gasteiger partial charge in [-0.15, -0.1) is 0 Å². The van der Waals surface area contributed by atoms with Crippen LogP contribution in [-0.2, 0) is 11.2 Å². The van der Waals surface area contributed by atoms with Crippen molar-refractivity contribution in [1.29, 1.82) is 0 Å². The summed E-state index contributed by atoms with van der Waals surface area (Å²) in [6, 6.07) is 11.8. The van der Waals surface area contributed by atoms with Gasteiger partial charge in [0.05, 0.1) is 12.6 Å². The van der Waals surface area contributed by atoms with Gasteiger partial charge in [0.2, 0.25) is 5.91 Å². The van der Waals surface area contributed by atoms with Crippen LogP contribution in [0.25, 0.3) is 10.9 Å². The van der Waals surface area contributed by atoms with Crippen LogP contribution in [0.1, 0.15) is 50.4 Å². The van der Waals surface area contributed by atoms with E-state index in [1.165, 1.54) is 18.2 Å². The molecule has 0 aliphatic heterocycles. The van der Waals surface area contributed by atoms with Crippen molar-refractivity contribution in [2.24, 2.45) is 5.41 Å². The normalized spacial score (nSPS) is 15.9. The van der Waals surface area contributed by atoms with Gasteiger partial charge in [-0.2, -0.15) is 0 Å². The van der Waals surface area contributed by atoms with E-state index in [0.717, 1.165) is 22.5 Å². The second kappa shape index (κ2) is 7.66. The lowest BCUT2D eigenvalue weighted by Gasteiger charge is -2.18. The van der Waals surface area contributed by atoms with E-state index >= 15 is 0 Å². The average molecular weight is 377 g/mol. The Labute approximate surface area is 165 Å². The number of ether oxygens (including phenoxy) is 1. The van der Waals surface area contributed by atoms with Gasteiger partial charge in [0.1, 0.15) is 11.4 Å². The van der Waals surface area contributed by atoms with Crippen LogP contribution >= 0.6 is 0 Å². The molecule has 4 rings (SSSR count). The molecule has 0 bridgehead atoms. The molecule has 2 aromatic heterocycles. The highest BCUT2D eigenvalue weighted by Crippen LogP contribution is 2.45. The lowest BCUT2D eigenvalue weighted by Crippen LogP contribution is -2.28. The molecule has 2 heterocycles. The zero-order chi connectivity index (χ0) is 19.6. The van der Waals surface area contributed by atoms with E-state index in [9.17, 15) is 4.79 Å². The Bertz CT molecular complexity index is 975. The Kier molecular flexibility index (Phi) is 5.07. The first kappa shape index (κ1) is 18.5. The number of aromatic nitrogens is 2. The molecule has 1 fully saturated rings. The highest BCUT2D eigenvalue weighted by atomic mass is 16.5. The Morgan fingerprint density at radius 2 is 2.11 bits per heavy atom. The molecule has 2 N–H and O–H groups in total. The Morgan fingerprint density at radius 1 is 1.29 bits per heavy atom. The summed E-state index contributed by atoms with van der Waals surface area (Å²) in [7, 11) is 0. The fraction of sp³-hybridized carbons (Fsp3) is 0.391. The largest absolute Gasteiger partial charge is 0.491 e. The van der Waals surface area contributed by atoms with Crippen LogP contribution in [0.3, 0.4) is 0 Å². The van der Waals surface area contributed by atoms with Crippen molar-refractivity contribution >= 4 is 16.8 Å². The first-order valence-electron chi connectivity index (χ1n) is 9.96. The minimum Gasteiger partial charge on any atom is -0.491 e. The van der Waals surface area contributed by atoms with Crippen molar-refractivity contribution < 1.29 is 9.53 Å². The standard InChI is InChI=1S/C23H27N3O2/c1-16(22-20(8-5-13-24-22)28-15-23(2)11-12-23)26-21(27)10-9-17-14-25-19-7-4-3-6-18(17)19/h3-8,13-14,16,25H,9-12,15H2,1-2H3,(H,26,27). The van der Waals surface area contributed by atoms with E-state index in [0.29, 0.717) is 24.9 Å². The summed E-state index contributed by atoms with van der Waals surface area (Å²) in [6.45, 7) is 4.89. The third-order valence-corrected chi connectivity index (χ3v) is 5.56. The number of nitrogens with zero attached hydrogens (tertiary/aromatic N) is 1. The van der Waals surface area contributed by atoms with Crippen molar-refractivity contribution in [3.05, 3.63) is 60.0 Å². The zero-order valence-electron chi connectivity index (χ0n) is 16.5. The number of hydrogen-bond acceptors (Lipinski definition) is 3. The number of aryl methyl sites for hydroxylation is 1. The number of pyridine rings is 1. The number of para-hydroxylation sites is 1. The maximum atomic E-state index is 12.5. The van der Waals surface area contributed by atoms with E-state index in [4.69, 9.17) is 4.74 Å². The van der Waals surface area contributed by atoms with Crippen LogP contribution in [0.4, 0.5) is 0 Å². The number of aromatic amines is 1. The molecular weight excluding hydrogens is 350 g/mol. The van der Waals surface area contributed by atoms with Gasteiger partial charge in [-0.3, -0.25) is 9.78 Å². The van der Waals surface area contributed by atoms with Gasteiger partial charge in [-0.25, -0.2) is 0 Å². The Hall–Kier alpha value is -2.82. The van der Waals surface area contributed by atoms with E-state index in [1.54, 1.807) is 6.20 Å². The van der Waals surface area contributed by atoms with E-state index in [-0.39, 0.29) is 11.9 Å². The number of carbonyl (C=O) groups excluding carboxylic acids is 1. The molecule has 1 atom stereocenters. The lowest BCUT2D eigenvalue weighted by molar-refractivity contribution is -0.121. The highest BCUT2D eigenvalue weighted by Gasteiger charge is 2.38. The van der Waals surface area contributed by atoms with Crippen molar-refractivity contribution in [1.82, 2.24) is 15.3 Å². The number of benzene rings is 1. The van der Waals surface area contributed by atoms with Crippen molar-refractivity contribution in [2.45, 2.75) is 45.6 Å². The number of hydrogen-bond donors (Lipinski definition) is 2. The summed E-state index contributed by atoms with van der Waals surface area (Å²) in [6.07, 6.45) is 7.30. The second-order valence-corrected chi connectivity index (χ2v) is 8.13. The molecule has 0 spiro atoms. The van der Waals surface area contributed by atoms with E-state index in [1.807, 2.05) is 43.5 Å². The molecule has 0 saturated heterocycles. The number of H-pyrrole nitrogens is 1. The smallest absolute Gasteiger partial charge is 0.220 e. The minimum absolute atomic E-state index is 0.0172. The van der Waals surface area contributed by atoms with Crippen LogP contribution in [0.5, 0.6) is 5.75 Å². The molecule has 1 unspecified atom stereocenters. The monoisotopic (exact) mass is 377 g/mol. The van der Waals surface area contributed by atoms with Crippen molar-refractivity contribution in [3.8, 4) is 5.75 Å².